The molecule has 1 saturated heterocycles. The Bertz CT molecular complexity index is 658. The number of rotatable bonds is 5. The van der Waals surface area contributed by atoms with Gasteiger partial charge in [0.2, 0.25) is 11.8 Å². The number of hydrogen-bond acceptors (Lipinski definition) is 3. The van der Waals surface area contributed by atoms with Crippen molar-refractivity contribution < 1.29 is 14.7 Å². The van der Waals surface area contributed by atoms with Crippen LogP contribution in [0.5, 0.6) is 0 Å². The van der Waals surface area contributed by atoms with Gasteiger partial charge in [0.1, 0.15) is 11.6 Å². The molecule has 1 fully saturated rings. The van der Waals surface area contributed by atoms with Crippen LogP contribution in [-0.2, 0) is 21.6 Å². The van der Waals surface area contributed by atoms with Crippen LogP contribution in [0.25, 0.3) is 0 Å². The van der Waals surface area contributed by atoms with E-state index in [4.69, 9.17) is 0 Å². The van der Waals surface area contributed by atoms with E-state index in [0.717, 1.165) is 30.4 Å². The topological polar surface area (TPSA) is 69.6 Å². The van der Waals surface area contributed by atoms with E-state index in [1.54, 1.807) is 4.90 Å². The summed E-state index contributed by atoms with van der Waals surface area (Å²) in [7, 11) is 0. The predicted octanol–water partition coefficient (Wildman–Crippen LogP) is 1.97. The number of amides is 2. The molecule has 0 radical (unpaired) electrons. The number of fused-ring (bicyclic) bond motifs is 1. The highest BCUT2D eigenvalue weighted by Crippen LogP contribution is 2.34. The van der Waals surface area contributed by atoms with Gasteiger partial charge in [-0.25, -0.2) is 0 Å². The maximum atomic E-state index is 12.8. The van der Waals surface area contributed by atoms with Crippen LogP contribution in [0.4, 0.5) is 0 Å². The zero-order valence-corrected chi connectivity index (χ0v) is 15.1. The largest absolute Gasteiger partial charge is 0.383 e. The van der Waals surface area contributed by atoms with E-state index in [-0.39, 0.29) is 24.3 Å². The molecule has 1 aliphatic heterocycles. The van der Waals surface area contributed by atoms with Crippen molar-refractivity contribution in [2.24, 2.45) is 5.92 Å². The normalized spacial score (nSPS) is 24.3. The Hall–Kier alpha value is -1.88. The highest BCUT2D eigenvalue weighted by atomic mass is 16.3. The summed E-state index contributed by atoms with van der Waals surface area (Å²) in [5.41, 5.74) is 1.04. The first-order valence-electron chi connectivity index (χ1n) is 9.30. The number of aryl methyl sites for hydroxylation is 1. The van der Waals surface area contributed by atoms with Gasteiger partial charge in [0.25, 0.3) is 0 Å². The fourth-order valence-electron chi connectivity index (χ4n) is 4.19. The summed E-state index contributed by atoms with van der Waals surface area (Å²) in [6.45, 7) is 4.75. The monoisotopic (exact) mass is 344 g/mol. The third kappa shape index (κ3) is 3.56. The minimum atomic E-state index is -1.03. The van der Waals surface area contributed by atoms with Gasteiger partial charge in [-0.1, -0.05) is 38.1 Å². The second-order valence-electron chi connectivity index (χ2n) is 7.64. The summed E-state index contributed by atoms with van der Waals surface area (Å²) in [6, 6.07) is 7.44. The van der Waals surface area contributed by atoms with Crippen molar-refractivity contribution in [3.05, 3.63) is 35.4 Å². The molecule has 3 rings (SSSR count). The molecule has 2 amide bonds. The maximum absolute atomic E-state index is 12.8. The summed E-state index contributed by atoms with van der Waals surface area (Å²) >= 11 is 0. The number of likely N-dealkylation sites (tertiary alicyclic amines) is 1. The van der Waals surface area contributed by atoms with Gasteiger partial charge in [-0.2, -0.15) is 0 Å². The fourth-order valence-corrected chi connectivity index (χ4v) is 4.19. The first-order chi connectivity index (χ1) is 11.9. The van der Waals surface area contributed by atoms with E-state index in [1.807, 2.05) is 38.1 Å². The van der Waals surface area contributed by atoms with E-state index in [1.165, 1.54) is 0 Å². The summed E-state index contributed by atoms with van der Waals surface area (Å²) in [6.07, 6.45) is 3.84. The summed E-state index contributed by atoms with van der Waals surface area (Å²) in [4.78, 5) is 26.5. The lowest BCUT2D eigenvalue weighted by Gasteiger charge is -2.36. The standard InChI is InChI=1S/C20H28N2O3/c1-14(2)18(22-12-6-10-17(22)23)19(24)21-13-20(25)11-5-8-15-7-3-4-9-16(15)20/h3-4,7,9,14,18,25H,5-6,8,10-13H2,1-2H3,(H,21,24)/t18-,20-/m1/s1. The SMILES string of the molecule is CC(C)[C@H](C(=O)NC[C@]1(O)CCCc2ccccc21)N1CCCC1=O. The van der Waals surface area contributed by atoms with Crippen LogP contribution in [-0.4, -0.2) is 41.0 Å². The average molecular weight is 344 g/mol. The maximum Gasteiger partial charge on any atom is 0.243 e. The molecule has 1 aliphatic carbocycles. The van der Waals surface area contributed by atoms with Crippen molar-refractivity contribution >= 4 is 11.8 Å². The minimum Gasteiger partial charge on any atom is -0.383 e. The molecule has 5 heteroatoms. The molecule has 1 heterocycles. The predicted molar refractivity (Wildman–Crippen MR) is 95.9 cm³/mol. The number of benzene rings is 1. The molecule has 25 heavy (non-hydrogen) atoms. The quantitative estimate of drug-likeness (QED) is 0.858. The van der Waals surface area contributed by atoms with Crippen LogP contribution in [0.2, 0.25) is 0 Å². The summed E-state index contributed by atoms with van der Waals surface area (Å²) in [5, 5.41) is 14.0. The van der Waals surface area contributed by atoms with Crippen LogP contribution < -0.4 is 5.32 Å². The molecule has 0 bridgehead atoms. The van der Waals surface area contributed by atoms with Gasteiger partial charge >= 0.3 is 0 Å². The smallest absolute Gasteiger partial charge is 0.243 e. The number of hydrogen-bond donors (Lipinski definition) is 2. The average Bonchev–Trinajstić information content (AvgIpc) is 2.99. The Balaban J connectivity index is 1.72. The van der Waals surface area contributed by atoms with E-state index in [0.29, 0.717) is 19.4 Å². The molecule has 1 aromatic rings. The summed E-state index contributed by atoms with van der Waals surface area (Å²) < 4.78 is 0. The Morgan fingerprint density at radius 2 is 2.04 bits per heavy atom. The van der Waals surface area contributed by atoms with Crippen molar-refractivity contribution in [3.8, 4) is 0 Å². The van der Waals surface area contributed by atoms with Gasteiger partial charge in [0.05, 0.1) is 6.54 Å². The Morgan fingerprint density at radius 3 is 2.72 bits per heavy atom. The highest BCUT2D eigenvalue weighted by molar-refractivity contribution is 5.88. The van der Waals surface area contributed by atoms with Crippen molar-refractivity contribution in [1.82, 2.24) is 10.2 Å². The molecule has 1 aromatic carbocycles. The van der Waals surface area contributed by atoms with Crippen molar-refractivity contribution in [2.45, 2.75) is 57.6 Å². The third-order valence-corrected chi connectivity index (χ3v) is 5.46. The van der Waals surface area contributed by atoms with Crippen molar-refractivity contribution in [1.29, 1.82) is 0 Å². The molecular weight excluding hydrogens is 316 g/mol. The first kappa shape index (κ1) is 17.9. The Morgan fingerprint density at radius 1 is 1.28 bits per heavy atom. The number of aliphatic hydroxyl groups is 1. The lowest BCUT2D eigenvalue weighted by molar-refractivity contribution is -0.139. The van der Waals surface area contributed by atoms with Crippen LogP contribution in [0.1, 0.15) is 50.7 Å². The van der Waals surface area contributed by atoms with Gasteiger partial charge in [-0.15, -0.1) is 0 Å². The van der Waals surface area contributed by atoms with Gasteiger partial charge in [-0.3, -0.25) is 9.59 Å². The fraction of sp³-hybridized carbons (Fsp3) is 0.600. The second kappa shape index (κ2) is 7.16. The van der Waals surface area contributed by atoms with Crippen LogP contribution >= 0.6 is 0 Å². The van der Waals surface area contributed by atoms with Crippen LogP contribution in [0.15, 0.2) is 24.3 Å². The zero-order chi connectivity index (χ0) is 18.0. The van der Waals surface area contributed by atoms with Crippen molar-refractivity contribution in [3.63, 3.8) is 0 Å². The second-order valence-corrected chi connectivity index (χ2v) is 7.64. The van der Waals surface area contributed by atoms with Gasteiger partial charge < -0.3 is 15.3 Å². The summed E-state index contributed by atoms with van der Waals surface area (Å²) in [5.74, 6) is -0.0763. The van der Waals surface area contributed by atoms with E-state index in [2.05, 4.69) is 5.32 Å². The van der Waals surface area contributed by atoms with Gasteiger partial charge in [0, 0.05) is 13.0 Å². The van der Waals surface area contributed by atoms with Gasteiger partial charge in [-0.05, 0) is 42.7 Å². The van der Waals surface area contributed by atoms with Gasteiger partial charge in [0.15, 0.2) is 0 Å². The van der Waals surface area contributed by atoms with Crippen LogP contribution in [0, 0.1) is 5.92 Å². The molecule has 0 saturated carbocycles. The number of nitrogens with zero attached hydrogens (tertiary/aromatic N) is 1. The number of carbonyl (C=O) groups is 2. The number of nitrogens with one attached hydrogen (secondary N) is 1. The lowest BCUT2D eigenvalue weighted by Crippen LogP contribution is -2.53. The van der Waals surface area contributed by atoms with E-state index >= 15 is 0 Å². The lowest BCUT2D eigenvalue weighted by atomic mass is 9.79. The molecule has 2 N–H and O–H groups in total. The first-order valence-corrected chi connectivity index (χ1v) is 9.30. The van der Waals surface area contributed by atoms with Crippen LogP contribution in [0.3, 0.4) is 0 Å². The van der Waals surface area contributed by atoms with E-state index in [9.17, 15) is 14.7 Å². The van der Waals surface area contributed by atoms with E-state index < -0.39 is 11.6 Å². The Labute approximate surface area is 149 Å². The molecule has 0 unspecified atom stereocenters. The molecule has 2 atom stereocenters. The molecule has 5 nitrogen and oxygen atoms in total. The molecule has 136 valence electrons. The minimum absolute atomic E-state index is 0.0373. The molecule has 2 aliphatic rings. The molecule has 0 spiro atoms. The Kier molecular flexibility index (Phi) is 5.13. The zero-order valence-electron chi connectivity index (χ0n) is 15.1. The number of carbonyl (C=O) groups excluding carboxylic acids is 2. The molecule has 0 aromatic heterocycles. The van der Waals surface area contributed by atoms with Crippen molar-refractivity contribution in [2.75, 3.05) is 13.1 Å². The highest BCUT2D eigenvalue weighted by Gasteiger charge is 2.38. The molecular formula is C20H28N2O3. The third-order valence-electron chi connectivity index (χ3n) is 5.46.